The van der Waals surface area contributed by atoms with Crippen molar-refractivity contribution in [3.05, 3.63) is 71.8 Å². The normalized spacial score (nSPS) is 14.1. The molecule has 6 nitrogen and oxygen atoms in total. The van der Waals surface area contributed by atoms with Crippen molar-refractivity contribution in [3.8, 4) is 17.6 Å². The lowest BCUT2D eigenvalue weighted by atomic mass is 10.0. The maximum Gasteiger partial charge on any atom is 0.222 e. The van der Waals surface area contributed by atoms with E-state index in [9.17, 15) is 4.79 Å². The van der Waals surface area contributed by atoms with E-state index in [0.29, 0.717) is 36.5 Å². The van der Waals surface area contributed by atoms with Gasteiger partial charge in [0.2, 0.25) is 5.91 Å². The number of nitrogens with zero attached hydrogens (tertiary/aromatic N) is 3. The molecule has 0 aromatic heterocycles. The molecule has 170 valence electrons. The fourth-order valence-corrected chi connectivity index (χ4v) is 4.25. The minimum absolute atomic E-state index is 0.176. The van der Waals surface area contributed by atoms with Gasteiger partial charge in [-0.2, -0.15) is 5.26 Å². The number of amides is 1. The summed E-state index contributed by atoms with van der Waals surface area (Å²) < 4.78 is 11.1. The molecule has 1 amide bonds. The number of carbonyl (C=O) groups excluding carboxylic acids is 1. The van der Waals surface area contributed by atoms with Crippen LogP contribution in [0, 0.1) is 11.3 Å². The van der Waals surface area contributed by atoms with E-state index >= 15 is 0 Å². The number of piperazine rings is 1. The van der Waals surface area contributed by atoms with Gasteiger partial charge in [0.1, 0.15) is 0 Å². The summed E-state index contributed by atoms with van der Waals surface area (Å²) in [4.78, 5) is 17.0. The van der Waals surface area contributed by atoms with Crippen molar-refractivity contribution in [2.24, 2.45) is 0 Å². The fraction of sp³-hybridized carbons (Fsp3) is 0.333. The van der Waals surface area contributed by atoms with Crippen LogP contribution in [0.3, 0.4) is 0 Å². The van der Waals surface area contributed by atoms with Crippen LogP contribution in [0.25, 0.3) is 10.8 Å². The maximum atomic E-state index is 12.6. The molecule has 0 spiro atoms. The van der Waals surface area contributed by atoms with Crippen molar-refractivity contribution in [1.29, 1.82) is 5.26 Å². The highest BCUT2D eigenvalue weighted by Gasteiger charge is 2.21. The molecule has 1 aliphatic heterocycles. The van der Waals surface area contributed by atoms with E-state index in [4.69, 9.17) is 14.7 Å². The van der Waals surface area contributed by atoms with Gasteiger partial charge in [0.15, 0.2) is 11.5 Å². The Hall–Kier alpha value is -3.56. The average Bonchev–Trinajstić information content (AvgIpc) is 2.87. The number of nitriles is 1. The second-order valence-electron chi connectivity index (χ2n) is 8.22. The summed E-state index contributed by atoms with van der Waals surface area (Å²) in [7, 11) is 1.55. The Bertz CT molecular complexity index is 1140. The topological polar surface area (TPSA) is 65.8 Å². The van der Waals surface area contributed by atoms with Crippen LogP contribution in [0.4, 0.5) is 0 Å². The zero-order chi connectivity index (χ0) is 23.0. The molecule has 3 aromatic rings. The third kappa shape index (κ3) is 5.63. The van der Waals surface area contributed by atoms with E-state index in [1.165, 1.54) is 16.3 Å². The summed E-state index contributed by atoms with van der Waals surface area (Å²) in [6.45, 7) is 4.61. The molecule has 1 fully saturated rings. The van der Waals surface area contributed by atoms with Crippen LogP contribution in [0.1, 0.15) is 24.0 Å². The standard InChI is InChI=1S/C27H29N3O3/c1-32-26-18-21(19-28)11-12-25(26)33-17-5-10-27(31)30-15-13-29(14-16-30)20-23-8-4-7-22-6-2-3-9-24(22)23/h2-4,6-9,11-12,18H,5,10,13-17,20H2,1H3. The summed E-state index contributed by atoms with van der Waals surface area (Å²) in [5.41, 5.74) is 1.86. The van der Waals surface area contributed by atoms with Gasteiger partial charge < -0.3 is 14.4 Å². The molecule has 0 unspecified atom stereocenters. The Balaban J connectivity index is 1.21. The second kappa shape index (κ2) is 10.8. The Morgan fingerprint density at radius 1 is 1.00 bits per heavy atom. The summed E-state index contributed by atoms with van der Waals surface area (Å²) >= 11 is 0. The molecular formula is C27H29N3O3. The summed E-state index contributed by atoms with van der Waals surface area (Å²) in [5.74, 6) is 1.30. The van der Waals surface area contributed by atoms with E-state index in [2.05, 4.69) is 53.4 Å². The number of ether oxygens (including phenoxy) is 2. The van der Waals surface area contributed by atoms with Gasteiger partial charge >= 0.3 is 0 Å². The molecular weight excluding hydrogens is 414 g/mol. The smallest absolute Gasteiger partial charge is 0.222 e. The number of fused-ring (bicyclic) bond motifs is 1. The highest BCUT2D eigenvalue weighted by Crippen LogP contribution is 2.28. The molecule has 0 atom stereocenters. The van der Waals surface area contributed by atoms with Crippen molar-refractivity contribution in [2.75, 3.05) is 39.9 Å². The summed E-state index contributed by atoms with van der Waals surface area (Å²) in [6.07, 6.45) is 1.10. The average molecular weight is 444 g/mol. The highest BCUT2D eigenvalue weighted by atomic mass is 16.5. The van der Waals surface area contributed by atoms with Gasteiger partial charge in [-0.25, -0.2) is 0 Å². The van der Waals surface area contributed by atoms with E-state index < -0.39 is 0 Å². The lowest BCUT2D eigenvalue weighted by Crippen LogP contribution is -2.48. The third-order valence-corrected chi connectivity index (χ3v) is 6.08. The molecule has 0 bridgehead atoms. The van der Waals surface area contributed by atoms with Crippen LogP contribution in [-0.4, -0.2) is 55.6 Å². The second-order valence-corrected chi connectivity index (χ2v) is 8.22. The van der Waals surface area contributed by atoms with Gasteiger partial charge in [-0.15, -0.1) is 0 Å². The Labute approximate surface area is 194 Å². The molecule has 0 radical (unpaired) electrons. The number of methoxy groups -OCH3 is 1. The summed E-state index contributed by atoms with van der Waals surface area (Å²) in [6, 6.07) is 22.1. The van der Waals surface area contributed by atoms with Crippen LogP contribution in [-0.2, 0) is 11.3 Å². The van der Waals surface area contributed by atoms with E-state index in [-0.39, 0.29) is 5.91 Å². The minimum atomic E-state index is 0.176. The molecule has 0 saturated carbocycles. The van der Waals surface area contributed by atoms with Crippen molar-refractivity contribution in [3.63, 3.8) is 0 Å². The quantitative estimate of drug-likeness (QED) is 0.488. The molecule has 0 N–H and O–H groups in total. The zero-order valence-electron chi connectivity index (χ0n) is 19.0. The van der Waals surface area contributed by atoms with Crippen molar-refractivity contribution >= 4 is 16.7 Å². The molecule has 33 heavy (non-hydrogen) atoms. The molecule has 3 aromatic carbocycles. The third-order valence-electron chi connectivity index (χ3n) is 6.08. The van der Waals surface area contributed by atoms with Crippen LogP contribution in [0.5, 0.6) is 11.5 Å². The number of hydrogen-bond donors (Lipinski definition) is 0. The first kappa shape index (κ1) is 22.6. The van der Waals surface area contributed by atoms with E-state index in [0.717, 1.165) is 32.7 Å². The van der Waals surface area contributed by atoms with Crippen LogP contribution >= 0.6 is 0 Å². The van der Waals surface area contributed by atoms with Gasteiger partial charge in [-0.1, -0.05) is 42.5 Å². The SMILES string of the molecule is COc1cc(C#N)ccc1OCCCC(=O)N1CCN(Cc2cccc3ccccc23)CC1. The van der Waals surface area contributed by atoms with Gasteiger partial charge in [0.05, 0.1) is 25.3 Å². The van der Waals surface area contributed by atoms with Gasteiger partial charge in [0, 0.05) is 45.2 Å². The first-order valence-corrected chi connectivity index (χ1v) is 11.4. The molecule has 0 aliphatic carbocycles. The highest BCUT2D eigenvalue weighted by molar-refractivity contribution is 5.85. The summed E-state index contributed by atoms with van der Waals surface area (Å²) in [5, 5.41) is 11.6. The first-order valence-electron chi connectivity index (χ1n) is 11.4. The van der Waals surface area contributed by atoms with Gasteiger partial charge in [-0.05, 0) is 34.9 Å². The fourth-order valence-electron chi connectivity index (χ4n) is 4.25. The van der Waals surface area contributed by atoms with Crippen molar-refractivity contribution in [2.45, 2.75) is 19.4 Å². The zero-order valence-corrected chi connectivity index (χ0v) is 19.0. The Kier molecular flexibility index (Phi) is 7.43. The lowest BCUT2D eigenvalue weighted by molar-refractivity contribution is -0.133. The van der Waals surface area contributed by atoms with E-state index in [1.54, 1.807) is 25.3 Å². The predicted molar refractivity (Wildman–Crippen MR) is 128 cm³/mol. The Morgan fingerprint density at radius 2 is 1.79 bits per heavy atom. The van der Waals surface area contributed by atoms with Crippen molar-refractivity contribution in [1.82, 2.24) is 9.80 Å². The van der Waals surface area contributed by atoms with Crippen molar-refractivity contribution < 1.29 is 14.3 Å². The molecule has 1 saturated heterocycles. The number of hydrogen-bond acceptors (Lipinski definition) is 5. The number of rotatable bonds is 8. The number of carbonyl (C=O) groups is 1. The van der Waals surface area contributed by atoms with Gasteiger partial charge in [0.25, 0.3) is 0 Å². The largest absolute Gasteiger partial charge is 0.493 e. The number of benzene rings is 3. The van der Waals surface area contributed by atoms with Crippen LogP contribution in [0.2, 0.25) is 0 Å². The van der Waals surface area contributed by atoms with Crippen LogP contribution < -0.4 is 9.47 Å². The van der Waals surface area contributed by atoms with Crippen LogP contribution in [0.15, 0.2) is 60.7 Å². The molecule has 6 heteroatoms. The predicted octanol–water partition coefficient (Wildman–Crippen LogP) is 4.22. The monoisotopic (exact) mass is 443 g/mol. The Morgan fingerprint density at radius 3 is 2.58 bits per heavy atom. The molecule has 1 aliphatic rings. The lowest BCUT2D eigenvalue weighted by Gasteiger charge is -2.35. The molecule has 1 heterocycles. The molecule has 4 rings (SSSR count). The van der Waals surface area contributed by atoms with E-state index in [1.807, 2.05) is 4.90 Å². The maximum absolute atomic E-state index is 12.6. The minimum Gasteiger partial charge on any atom is -0.493 e. The van der Waals surface area contributed by atoms with Gasteiger partial charge in [-0.3, -0.25) is 9.69 Å². The first-order chi connectivity index (χ1) is 16.2.